The third-order valence-electron chi connectivity index (χ3n) is 4.04. The molecule has 4 heteroatoms. The van der Waals surface area contributed by atoms with Crippen molar-refractivity contribution >= 4 is 33.2 Å². The Morgan fingerprint density at radius 1 is 1.43 bits per heavy atom. The molecule has 0 spiro atoms. The van der Waals surface area contributed by atoms with Crippen LogP contribution in [0.15, 0.2) is 40.2 Å². The molecule has 1 heterocycles. The van der Waals surface area contributed by atoms with Crippen LogP contribution in [0.5, 0.6) is 0 Å². The number of rotatable bonds is 3. The smallest absolute Gasteiger partial charge is 0.230 e. The zero-order chi connectivity index (χ0) is 14.8. The van der Waals surface area contributed by atoms with Crippen LogP contribution in [0.3, 0.4) is 0 Å². The van der Waals surface area contributed by atoms with E-state index < -0.39 is 0 Å². The van der Waals surface area contributed by atoms with Crippen molar-refractivity contribution in [3.63, 3.8) is 0 Å². The highest BCUT2D eigenvalue weighted by molar-refractivity contribution is 9.10. The summed E-state index contributed by atoms with van der Waals surface area (Å²) in [4.78, 5) is 16.0. The average molecular weight is 364 g/mol. The van der Waals surface area contributed by atoms with Gasteiger partial charge in [-0.2, -0.15) is 0 Å². The lowest BCUT2D eigenvalue weighted by Gasteiger charge is -2.27. The SMILES string of the molecule is CN(Cc1cccc(Br)c1)C(=O)C1CCCc2sccc21. The molecule has 0 N–H and O–H groups in total. The van der Waals surface area contributed by atoms with Crippen LogP contribution < -0.4 is 0 Å². The van der Waals surface area contributed by atoms with Crippen LogP contribution in [-0.4, -0.2) is 17.9 Å². The van der Waals surface area contributed by atoms with Crippen molar-refractivity contribution in [1.82, 2.24) is 4.90 Å². The highest BCUT2D eigenvalue weighted by Crippen LogP contribution is 2.36. The summed E-state index contributed by atoms with van der Waals surface area (Å²) in [6.45, 7) is 0.661. The van der Waals surface area contributed by atoms with Gasteiger partial charge in [0.15, 0.2) is 0 Å². The first-order valence-corrected chi connectivity index (χ1v) is 8.88. The van der Waals surface area contributed by atoms with Crippen molar-refractivity contribution in [2.45, 2.75) is 31.7 Å². The molecule has 21 heavy (non-hydrogen) atoms. The molecule has 1 unspecified atom stereocenters. The molecule has 2 nitrogen and oxygen atoms in total. The summed E-state index contributed by atoms with van der Waals surface area (Å²) in [5.74, 6) is 0.298. The second-order valence-corrected chi connectivity index (χ2v) is 7.48. The lowest BCUT2D eigenvalue weighted by atomic mass is 9.87. The molecular formula is C17H18BrNOS. The van der Waals surface area contributed by atoms with E-state index in [1.165, 1.54) is 10.4 Å². The van der Waals surface area contributed by atoms with Gasteiger partial charge in [0.1, 0.15) is 0 Å². The number of nitrogens with zero attached hydrogens (tertiary/aromatic N) is 1. The van der Waals surface area contributed by atoms with Gasteiger partial charge in [0.25, 0.3) is 0 Å². The molecule has 0 radical (unpaired) electrons. The van der Waals surface area contributed by atoms with Crippen molar-refractivity contribution in [1.29, 1.82) is 0 Å². The maximum absolute atomic E-state index is 12.8. The molecule has 0 saturated heterocycles. The number of hydrogen-bond donors (Lipinski definition) is 0. The third kappa shape index (κ3) is 3.22. The van der Waals surface area contributed by atoms with Crippen molar-refractivity contribution < 1.29 is 4.79 Å². The molecule has 1 aliphatic carbocycles. The normalized spacial score (nSPS) is 17.3. The summed E-state index contributed by atoms with van der Waals surface area (Å²) in [7, 11) is 1.91. The fourth-order valence-electron chi connectivity index (χ4n) is 3.00. The molecule has 1 atom stereocenters. The zero-order valence-electron chi connectivity index (χ0n) is 12.0. The summed E-state index contributed by atoms with van der Waals surface area (Å²) in [6, 6.07) is 10.3. The highest BCUT2D eigenvalue weighted by Gasteiger charge is 2.29. The molecule has 1 aliphatic rings. The van der Waals surface area contributed by atoms with E-state index in [-0.39, 0.29) is 11.8 Å². The van der Waals surface area contributed by atoms with E-state index in [1.54, 1.807) is 11.3 Å². The van der Waals surface area contributed by atoms with Crippen LogP contribution >= 0.6 is 27.3 Å². The van der Waals surface area contributed by atoms with E-state index in [2.05, 4.69) is 39.5 Å². The largest absolute Gasteiger partial charge is 0.341 e. The lowest BCUT2D eigenvalue weighted by molar-refractivity contribution is -0.132. The molecule has 1 aromatic carbocycles. The Morgan fingerprint density at radius 2 is 2.29 bits per heavy atom. The maximum atomic E-state index is 12.8. The van der Waals surface area contributed by atoms with Crippen molar-refractivity contribution in [2.24, 2.45) is 0 Å². The van der Waals surface area contributed by atoms with Gasteiger partial charge in [-0.05, 0) is 54.0 Å². The molecule has 0 saturated carbocycles. The monoisotopic (exact) mass is 363 g/mol. The number of likely N-dealkylation sites (N-methyl/N-ethyl adjacent to an activating group) is 1. The fraction of sp³-hybridized carbons (Fsp3) is 0.353. The minimum atomic E-state index is 0.0529. The molecule has 3 rings (SSSR count). The molecule has 0 bridgehead atoms. The molecular weight excluding hydrogens is 346 g/mol. The molecule has 110 valence electrons. The number of benzene rings is 1. The van der Waals surface area contributed by atoms with Crippen LogP contribution in [-0.2, 0) is 17.8 Å². The van der Waals surface area contributed by atoms with Gasteiger partial charge in [0.2, 0.25) is 5.91 Å². The van der Waals surface area contributed by atoms with E-state index >= 15 is 0 Å². The molecule has 1 aromatic heterocycles. The van der Waals surface area contributed by atoms with Crippen molar-refractivity contribution in [3.8, 4) is 0 Å². The Labute approximate surface area is 137 Å². The van der Waals surface area contributed by atoms with Crippen molar-refractivity contribution in [3.05, 3.63) is 56.2 Å². The summed E-state index contributed by atoms with van der Waals surface area (Å²) in [6.07, 6.45) is 3.23. The Kier molecular flexibility index (Phi) is 4.45. The van der Waals surface area contributed by atoms with Gasteiger partial charge >= 0.3 is 0 Å². The molecule has 0 fully saturated rings. The van der Waals surface area contributed by atoms with Crippen molar-refractivity contribution in [2.75, 3.05) is 7.05 Å². The number of amides is 1. The number of halogens is 1. The third-order valence-corrected chi connectivity index (χ3v) is 5.52. The van der Waals surface area contributed by atoms with Gasteiger partial charge in [0, 0.05) is 22.9 Å². The molecule has 2 aromatic rings. The summed E-state index contributed by atoms with van der Waals surface area (Å²) in [5.41, 5.74) is 2.42. The number of aryl methyl sites for hydroxylation is 1. The van der Waals surface area contributed by atoms with Crippen LogP contribution in [0.4, 0.5) is 0 Å². The van der Waals surface area contributed by atoms with Crippen LogP contribution in [0.25, 0.3) is 0 Å². The number of carbonyl (C=O) groups is 1. The second-order valence-electron chi connectivity index (χ2n) is 5.57. The lowest BCUT2D eigenvalue weighted by Crippen LogP contribution is -2.32. The fourth-order valence-corrected chi connectivity index (χ4v) is 4.43. The first-order chi connectivity index (χ1) is 10.1. The predicted octanol–water partition coefficient (Wildman–Crippen LogP) is 4.59. The Morgan fingerprint density at radius 3 is 3.10 bits per heavy atom. The number of hydrogen-bond acceptors (Lipinski definition) is 2. The zero-order valence-corrected chi connectivity index (χ0v) is 14.4. The Balaban J connectivity index is 1.74. The van der Waals surface area contributed by atoms with Gasteiger partial charge in [-0.15, -0.1) is 11.3 Å². The van der Waals surface area contributed by atoms with Gasteiger partial charge < -0.3 is 4.90 Å². The Hall–Kier alpha value is -1.13. The highest BCUT2D eigenvalue weighted by atomic mass is 79.9. The standard InChI is InChI=1S/C17H18BrNOS/c1-19(11-12-4-2-5-13(18)10-12)17(20)15-6-3-7-16-14(15)8-9-21-16/h2,4-5,8-10,15H,3,6-7,11H2,1H3. The van der Waals surface area contributed by atoms with E-state index in [9.17, 15) is 4.79 Å². The Bertz CT molecular complexity index is 652. The second kappa shape index (κ2) is 6.32. The van der Waals surface area contributed by atoms with E-state index in [0.717, 1.165) is 29.3 Å². The predicted molar refractivity (Wildman–Crippen MR) is 90.6 cm³/mol. The van der Waals surface area contributed by atoms with E-state index in [0.29, 0.717) is 6.54 Å². The first-order valence-electron chi connectivity index (χ1n) is 7.21. The number of fused-ring (bicyclic) bond motifs is 1. The average Bonchev–Trinajstić information content (AvgIpc) is 2.94. The van der Waals surface area contributed by atoms with Crippen LogP contribution in [0.2, 0.25) is 0 Å². The first kappa shape index (κ1) is 14.8. The topological polar surface area (TPSA) is 20.3 Å². The summed E-state index contributed by atoms with van der Waals surface area (Å²) < 4.78 is 1.05. The summed E-state index contributed by atoms with van der Waals surface area (Å²) in [5, 5.41) is 2.12. The number of carbonyl (C=O) groups excluding carboxylic acids is 1. The minimum Gasteiger partial charge on any atom is -0.341 e. The van der Waals surface area contributed by atoms with Crippen LogP contribution in [0.1, 0.15) is 34.8 Å². The molecule has 0 aliphatic heterocycles. The van der Waals surface area contributed by atoms with Gasteiger partial charge in [-0.1, -0.05) is 28.1 Å². The quantitative estimate of drug-likeness (QED) is 0.780. The van der Waals surface area contributed by atoms with Gasteiger partial charge in [-0.3, -0.25) is 4.79 Å². The maximum Gasteiger partial charge on any atom is 0.230 e. The minimum absolute atomic E-state index is 0.0529. The van der Waals surface area contributed by atoms with Crippen LogP contribution in [0, 0.1) is 0 Å². The van der Waals surface area contributed by atoms with E-state index in [4.69, 9.17) is 0 Å². The van der Waals surface area contributed by atoms with E-state index in [1.807, 2.05) is 24.1 Å². The molecule has 1 amide bonds. The van der Waals surface area contributed by atoms with Gasteiger partial charge in [0.05, 0.1) is 5.92 Å². The number of thiophene rings is 1. The summed E-state index contributed by atoms with van der Waals surface area (Å²) >= 11 is 5.27. The van der Waals surface area contributed by atoms with Gasteiger partial charge in [-0.25, -0.2) is 0 Å².